The monoisotopic (exact) mass is 235 g/mol. The molecule has 0 amide bonds. The molecular formula is C11H13N3O3. The van der Waals surface area contributed by atoms with Crippen molar-refractivity contribution < 1.29 is 10.0 Å². The Hall–Kier alpha value is -2.13. The van der Waals surface area contributed by atoms with Crippen LogP contribution in [-0.2, 0) is 0 Å². The molecule has 90 valence electrons. The third-order valence-electron chi connectivity index (χ3n) is 2.28. The first kappa shape index (κ1) is 12.9. The highest BCUT2D eigenvalue weighted by atomic mass is 16.6. The van der Waals surface area contributed by atoms with Crippen LogP contribution < -0.4 is 5.32 Å². The first-order chi connectivity index (χ1) is 8.08. The SMILES string of the molecule is CC(CO)CNc1ccc(C#N)cc1[N+](=O)[O-]. The Kier molecular flexibility index (Phi) is 4.43. The molecule has 1 rings (SSSR count). The molecule has 1 aromatic carbocycles. The predicted octanol–water partition coefficient (Wildman–Crippen LogP) is 1.51. The van der Waals surface area contributed by atoms with Gasteiger partial charge in [-0.3, -0.25) is 10.1 Å². The molecule has 0 bridgehead atoms. The van der Waals surface area contributed by atoms with Crippen molar-refractivity contribution in [3.63, 3.8) is 0 Å². The Morgan fingerprint density at radius 3 is 2.88 bits per heavy atom. The number of hydrogen-bond donors (Lipinski definition) is 2. The molecule has 0 aliphatic rings. The van der Waals surface area contributed by atoms with Gasteiger partial charge in [0.2, 0.25) is 0 Å². The molecule has 0 aliphatic carbocycles. The minimum Gasteiger partial charge on any atom is -0.396 e. The highest BCUT2D eigenvalue weighted by Crippen LogP contribution is 2.25. The Labute approximate surface area is 98.6 Å². The summed E-state index contributed by atoms with van der Waals surface area (Å²) in [6.45, 7) is 2.27. The topological polar surface area (TPSA) is 99.2 Å². The van der Waals surface area contributed by atoms with Gasteiger partial charge in [0.25, 0.3) is 5.69 Å². The Bertz CT molecular complexity index is 454. The van der Waals surface area contributed by atoms with Crippen LogP contribution in [0.3, 0.4) is 0 Å². The summed E-state index contributed by atoms with van der Waals surface area (Å²) < 4.78 is 0. The fourth-order valence-electron chi connectivity index (χ4n) is 1.25. The fourth-order valence-corrected chi connectivity index (χ4v) is 1.25. The second-order valence-electron chi connectivity index (χ2n) is 3.77. The van der Waals surface area contributed by atoms with Crippen molar-refractivity contribution in [2.45, 2.75) is 6.92 Å². The van der Waals surface area contributed by atoms with Gasteiger partial charge in [-0.2, -0.15) is 5.26 Å². The van der Waals surface area contributed by atoms with Crippen LogP contribution in [-0.4, -0.2) is 23.2 Å². The van der Waals surface area contributed by atoms with Gasteiger partial charge in [-0.25, -0.2) is 0 Å². The van der Waals surface area contributed by atoms with Crippen molar-refractivity contribution in [3.8, 4) is 6.07 Å². The number of nitro groups is 1. The standard InChI is InChI=1S/C11H13N3O3/c1-8(7-15)6-13-10-3-2-9(5-12)4-11(10)14(16)17/h2-4,8,13,15H,6-7H2,1H3. The number of nitro benzene ring substituents is 1. The molecule has 0 saturated heterocycles. The molecule has 2 N–H and O–H groups in total. The smallest absolute Gasteiger partial charge is 0.293 e. The molecule has 6 heteroatoms. The van der Waals surface area contributed by atoms with Crippen LogP contribution in [0.1, 0.15) is 12.5 Å². The van der Waals surface area contributed by atoms with E-state index >= 15 is 0 Å². The Morgan fingerprint density at radius 1 is 1.65 bits per heavy atom. The first-order valence-corrected chi connectivity index (χ1v) is 5.11. The van der Waals surface area contributed by atoms with Gasteiger partial charge in [0, 0.05) is 19.2 Å². The average Bonchev–Trinajstić information content (AvgIpc) is 2.35. The average molecular weight is 235 g/mol. The first-order valence-electron chi connectivity index (χ1n) is 5.11. The fraction of sp³-hybridized carbons (Fsp3) is 0.364. The van der Waals surface area contributed by atoms with Crippen LogP contribution in [0, 0.1) is 27.4 Å². The predicted molar refractivity (Wildman–Crippen MR) is 62.6 cm³/mol. The molecule has 1 atom stereocenters. The third-order valence-corrected chi connectivity index (χ3v) is 2.28. The highest BCUT2D eigenvalue weighted by Gasteiger charge is 2.14. The number of hydrogen-bond acceptors (Lipinski definition) is 5. The number of aliphatic hydroxyl groups is 1. The molecule has 0 saturated carbocycles. The second-order valence-corrected chi connectivity index (χ2v) is 3.77. The molecule has 6 nitrogen and oxygen atoms in total. The number of aliphatic hydroxyl groups excluding tert-OH is 1. The van der Waals surface area contributed by atoms with E-state index in [0.717, 1.165) is 0 Å². The number of rotatable bonds is 5. The summed E-state index contributed by atoms with van der Waals surface area (Å²) >= 11 is 0. The summed E-state index contributed by atoms with van der Waals surface area (Å²) in [4.78, 5) is 10.3. The Balaban J connectivity index is 2.92. The molecule has 0 aromatic heterocycles. The summed E-state index contributed by atoms with van der Waals surface area (Å²) in [6.07, 6.45) is 0. The van der Waals surface area contributed by atoms with Crippen molar-refractivity contribution in [2.24, 2.45) is 5.92 Å². The van der Waals surface area contributed by atoms with Crippen molar-refractivity contribution in [1.82, 2.24) is 0 Å². The lowest BCUT2D eigenvalue weighted by molar-refractivity contribution is -0.384. The second kappa shape index (κ2) is 5.82. The quantitative estimate of drug-likeness (QED) is 0.595. The lowest BCUT2D eigenvalue weighted by atomic mass is 10.1. The van der Waals surface area contributed by atoms with Gasteiger partial charge in [0.15, 0.2) is 0 Å². The van der Waals surface area contributed by atoms with Crippen LogP contribution in [0.4, 0.5) is 11.4 Å². The van der Waals surface area contributed by atoms with E-state index in [1.54, 1.807) is 0 Å². The normalized spacial score (nSPS) is 11.6. The minimum atomic E-state index is -0.535. The van der Waals surface area contributed by atoms with Gasteiger partial charge < -0.3 is 10.4 Å². The van der Waals surface area contributed by atoms with Crippen LogP contribution in [0.5, 0.6) is 0 Å². The van der Waals surface area contributed by atoms with E-state index in [1.807, 2.05) is 13.0 Å². The number of nitriles is 1. The zero-order valence-electron chi connectivity index (χ0n) is 9.38. The summed E-state index contributed by atoms with van der Waals surface area (Å²) in [5.41, 5.74) is 0.473. The zero-order valence-corrected chi connectivity index (χ0v) is 9.38. The molecule has 1 aromatic rings. The van der Waals surface area contributed by atoms with Gasteiger partial charge in [-0.05, 0) is 18.1 Å². The van der Waals surface area contributed by atoms with E-state index in [-0.39, 0.29) is 23.8 Å². The van der Waals surface area contributed by atoms with Gasteiger partial charge in [0.1, 0.15) is 5.69 Å². The van der Waals surface area contributed by atoms with E-state index in [4.69, 9.17) is 10.4 Å². The molecular weight excluding hydrogens is 222 g/mol. The summed E-state index contributed by atoms with van der Waals surface area (Å²) in [5.74, 6) is 0.00486. The van der Waals surface area contributed by atoms with Gasteiger partial charge in [-0.15, -0.1) is 0 Å². The number of anilines is 1. The molecule has 0 heterocycles. The summed E-state index contributed by atoms with van der Waals surface area (Å²) in [7, 11) is 0. The third kappa shape index (κ3) is 3.43. The van der Waals surface area contributed by atoms with Crippen LogP contribution in [0.15, 0.2) is 18.2 Å². The maximum Gasteiger partial charge on any atom is 0.293 e. The van der Waals surface area contributed by atoms with E-state index in [2.05, 4.69) is 5.32 Å². The molecule has 17 heavy (non-hydrogen) atoms. The minimum absolute atomic E-state index is 0.00486. The molecule has 0 radical (unpaired) electrons. The van der Waals surface area contributed by atoms with Crippen LogP contribution in [0.2, 0.25) is 0 Å². The molecule has 0 aliphatic heterocycles. The summed E-state index contributed by atoms with van der Waals surface area (Å²) in [5, 5.41) is 31.2. The number of nitrogens with zero attached hydrogens (tertiary/aromatic N) is 2. The van der Waals surface area contributed by atoms with E-state index < -0.39 is 4.92 Å². The van der Waals surface area contributed by atoms with Gasteiger partial charge in [-0.1, -0.05) is 6.92 Å². The van der Waals surface area contributed by atoms with Crippen LogP contribution in [0.25, 0.3) is 0 Å². The summed E-state index contributed by atoms with van der Waals surface area (Å²) in [6, 6.07) is 6.10. The maximum atomic E-state index is 10.8. The molecule has 0 spiro atoms. The molecule has 0 fully saturated rings. The zero-order chi connectivity index (χ0) is 12.8. The van der Waals surface area contributed by atoms with Crippen molar-refractivity contribution in [2.75, 3.05) is 18.5 Å². The van der Waals surface area contributed by atoms with Crippen molar-refractivity contribution in [1.29, 1.82) is 5.26 Å². The van der Waals surface area contributed by atoms with E-state index in [1.165, 1.54) is 18.2 Å². The van der Waals surface area contributed by atoms with E-state index in [0.29, 0.717) is 12.2 Å². The van der Waals surface area contributed by atoms with Crippen molar-refractivity contribution >= 4 is 11.4 Å². The lowest BCUT2D eigenvalue weighted by Crippen LogP contribution is -2.15. The number of nitrogens with one attached hydrogen (secondary N) is 1. The van der Waals surface area contributed by atoms with E-state index in [9.17, 15) is 10.1 Å². The highest BCUT2D eigenvalue weighted by molar-refractivity contribution is 5.64. The van der Waals surface area contributed by atoms with Crippen molar-refractivity contribution in [3.05, 3.63) is 33.9 Å². The van der Waals surface area contributed by atoms with Crippen LogP contribution >= 0.6 is 0 Å². The van der Waals surface area contributed by atoms with Gasteiger partial charge in [0.05, 0.1) is 16.6 Å². The maximum absolute atomic E-state index is 10.8. The molecule has 1 unspecified atom stereocenters. The van der Waals surface area contributed by atoms with Gasteiger partial charge >= 0.3 is 0 Å². The largest absolute Gasteiger partial charge is 0.396 e. The number of benzene rings is 1. The Morgan fingerprint density at radius 2 is 2.35 bits per heavy atom. The lowest BCUT2D eigenvalue weighted by Gasteiger charge is -2.11.